The van der Waals surface area contributed by atoms with Crippen LogP contribution in [-0.4, -0.2) is 49.7 Å². The molecule has 1 aliphatic carbocycles. The zero-order chi connectivity index (χ0) is 23.7. The van der Waals surface area contributed by atoms with Gasteiger partial charge in [-0.2, -0.15) is 0 Å². The maximum atomic E-state index is 12.6. The molecule has 176 valence electrons. The number of amides is 1. The summed E-state index contributed by atoms with van der Waals surface area (Å²) in [4.78, 5) is 34.8. The first-order valence-electron chi connectivity index (χ1n) is 11.3. The Kier molecular flexibility index (Phi) is 5.91. The predicted octanol–water partition coefficient (Wildman–Crippen LogP) is 3.02. The number of carbonyl (C=O) groups excluding carboxylic acids is 2. The smallest absolute Gasteiger partial charge is 0.295 e. The summed E-state index contributed by atoms with van der Waals surface area (Å²) in [6, 6.07) is 9.14. The van der Waals surface area contributed by atoms with E-state index in [0.29, 0.717) is 53.8 Å². The van der Waals surface area contributed by atoms with Crippen LogP contribution in [-0.2, 0) is 16.0 Å². The fourth-order valence-electron chi connectivity index (χ4n) is 4.41. The van der Waals surface area contributed by atoms with Gasteiger partial charge >= 0.3 is 0 Å². The van der Waals surface area contributed by atoms with Gasteiger partial charge in [0.1, 0.15) is 12.1 Å². The summed E-state index contributed by atoms with van der Waals surface area (Å²) < 4.78 is 16.4. The van der Waals surface area contributed by atoms with E-state index in [4.69, 9.17) is 14.2 Å². The number of nitrogens with zero attached hydrogens (tertiary/aromatic N) is 3. The van der Waals surface area contributed by atoms with Gasteiger partial charge in [0, 0.05) is 35.7 Å². The van der Waals surface area contributed by atoms with E-state index in [1.54, 1.807) is 26.4 Å². The molecular formula is C25H26N4O5. The number of rotatable bonds is 8. The van der Waals surface area contributed by atoms with E-state index in [9.17, 15) is 9.59 Å². The molecule has 1 aliphatic heterocycles. The molecule has 2 heterocycles. The van der Waals surface area contributed by atoms with Crippen LogP contribution in [0.3, 0.4) is 0 Å². The minimum atomic E-state index is -0.684. The zero-order valence-electron chi connectivity index (χ0n) is 19.1. The molecule has 0 radical (unpaired) electrons. The Morgan fingerprint density at radius 3 is 2.68 bits per heavy atom. The molecule has 9 heteroatoms. The van der Waals surface area contributed by atoms with E-state index in [0.717, 1.165) is 23.1 Å². The standard InChI is InChI=1S/C25H26N4O5/c1-32-21-10-19-20(11-22(21)33-2)27-13-28-23(19)29-8-7-16-9-17(24(31)26-12-15-3-4-15)5-6-18(16)25(29)34-14-30/h5-6,9-11,13-15,25H,3-4,7-8,12H2,1-2H3,(H,26,31). The molecule has 1 amide bonds. The van der Waals surface area contributed by atoms with Gasteiger partial charge < -0.3 is 24.4 Å². The lowest BCUT2D eigenvalue weighted by atomic mass is 9.95. The molecule has 1 atom stereocenters. The SMILES string of the molecule is COc1cc2ncnc(N3CCc4cc(C(=O)NCC5CC5)ccc4C3OC=O)c2cc1OC. The molecule has 2 aliphatic rings. The van der Waals surface area contributed by atoms with Crippen molar-refractivity contribution in [3.8, 4) is 11.5 Å². The van der Waals surface area contributed by atoms with Crippen molar-refractivity contribution in [3.63, 3.8) is 0 Å². The van der Waals surface area contributed by atoms with E-state index in [2.05, 4.69) is 15.3 Å². The van der Waals surface area contributed by atoms with Crippen LogP contribution in [0.25, 0.3) is 10.9 Å². The van der Waals surface area contributed by atoms with Crippen LogP contribution in [0.1, 0.15) is 40.6 Å². The second kappa shape index (κ2) is 9.17. The van der Waals surface area contributed by atoms with E-state index in [1.165, 1.54) is 19.2 Å². The quantitative estimate of drug-likeness (QED) is 0.510. The summed E-state index contributed by atoms with van der Waals surface area (Å²) in [6.07, 6.45) is 3.82. The van der Waals surface area contributed by atoms with Crippen LogP contribution in [0.2, 0.25) is 0 Å². The molecule has 5 rings (SSSR count). The van der Waals surface area contributed by atoms with Crippen molar-refractivity contribution in [3.05, 3.63) is 53.3 Å². The number of anilines is 1. The Morgan fingerprint density at radius 1 is 1.15 bits per heavy atom. The normalized spacial score (nSPS) is 17.1. The Balaban J connectivity index is 1.50. The molecule has 0 saturated heterocycles. The molecular weight excluding hydrogens is 436 g/mol. The van der Waals surface area contributed by atoms with Crippen LogP contribution in [0, 0.1) is 5.92 Å². The maximum Gasteiger partial charge on any atom is 0.295 e. The Hall–Kier alpha value is -3.88. The third kappa shape index (κ3) is 4.09. The Morgan fingerprint density at radius 2 is 1.94 bits per heavy atom. The number of nitrogens with one attached hydrogen (secondary N) is 1. The highest BCUT2D eigenvalue weighted by molar-refractivity contribution is 5.95. The van der Waals surface area contributed by atoms with Gasteiger partial charge in [0.15, 0.2) is 11.5 Å². The molecule has 1 unspecified atom stereocenters. The van der Waals surface area contributed by atoms with Crippen LogP contribution < -0.4 is 19.7 Å². The largest absolute Gasteiger partial charge is 0.493 e. The highest BCUT2D eigenvalue weighted by Gasteiger charge is 2.32. The minimum absolute atomic E-state index is 0.0761. The Bertz CT molecular complexity index is 1240. The number of hydrogen-bond donors (Lipinski definition) is 1. The Labute approximate surface area is 197 Å². The first-order chi connectivity index (χ1) is 16.6. The van der Waals surface area contributed by atoms with Crippen LogP contribution in [0.5, 0.6) is 11.5 Å². The second-order valence-electron chi connectivity index (χ2n) is 8.52. The van der Waals surface area contributed by atoms with Gasteiger partial charge in [-0.25, -0.2) is 9.97 Å². The van der Waals surface area contributed by atoms with E-state index in [-0.39, 0.29) is 5.91 Å². The maximum absolute atomic E-state index is 12.6. The van der Waals surface area contributed by atoms with Crippen molar-refractivity contribution in [2.24, 2.45) is 5.92 Å². The average Bonchev–Trinajstić information content (AvgIpc) is 3.70. The van der Waals surface area contributed by atoms with E-state index in [1.807, 2.05) is 23.1 Å². The first-order valence-corrected chi connectivity index (χ1v) is 11.3. The van der Waals surface area contributed by atoms with Gasteiger partial charge in [0.25, 0.3) is 12.4 Å². The molecule has 0 bridgehead atoms. The predicted molar refractivity (Wildman–Crippen MR) is 125 cm³/mol. The van der Waals surface area contributed by atoms with Gasteiger partial charge in [0.2, 0.25) is 6.23 Å². The van der Waals surface area contributed by atoms with Gasteiger partial charge in [-0.1, -0.05) is 6.07 Å². The fraction of sp³-hybridized carbons (Fsp3) is 0.360. The van der Waals surface area contributed by atoms with Crippen molar-refractivity contribution < 1.29 is 23.8 Å². The van der Waals surface area contributed by atoms with Gasteiger partial charge in [0.05, 0.1) is 19.7 Å². The molecule has 0 spiro atoms. The summed E-state index contributed by atoms with van der Waals surface area (Å²) in [5.74, 6) is 2.28. The second-order valence-corrected chi connectivity index (χ2v) is 8.52. The van der Waals surface area contributed by atoms with E-state index < -0.39 is 6.23 Å². The first kappa shape index (κ1) is 21.9. The van der Waals surface area contributed by atoms with Crippen LogP contribution >= 0.6 is 0 Å². The summed E-state index contributed by atoms with van der Waals surface area (Å²) in [5.41, 5.74) is 3.09. The summed E-state index contributed by atoms with van der Waals surface area (Å²) in [7, 11) is 3.14. The number of fused-ring (bicyclic) bond motifs is 2. The summed E-state index contributed by atoms with van der Waals surface area (Å²) in [6.45, 7) is 1.70. The molecule has 9 nitrogen and oxygen atoms in total. The lowest BCUT2D eigenvalue weighted by molar-refractivity contribution is -0.134. The highest BCUT2D eigenvalue weighted by Crippen LogP contribution is 2.39. The van der Waals surface area contributed by atoms with Crippen molar-refractivity contribution in [2.75, 3.05) is 32.2 Å². The number of ether oxygens (including phenoxy) is 3. The fourth-order valence-corrected chi connectivity index (χ4v) is 4.41. The molecule has 1 aromatic heterocycles. The number of methoxy groups -OCH3 is 2. The topological polar surface area (TPSA) is 103 Å². The molecule has 2 aromatic carbocycles. The number of benzene rings is 2. The molecule has 34 heavy (non-hydrogen) atoms. The van der Waals surface area contributed by atoms with Crippen LogP contribution in [0.4, 0.5) is 5.82 Å². The molecule has 1 fully saturated rings. The molecule has 1 N–H and O–H groups in total. The van der Waals surface area contributed by atoms with Crippen molar-refractivity contribution >= 4 is 29.1 Å². The monoisotopic (exact) mass is 462 g/mol. The minimum Gasteiger partial charge on any atom is -0.493 e. The molecule has 1 saturated carbocycles. The lowest BCUT2D eigenvalue weighted by Gasteiger charge is -2.37. The lowest BCUT2D eigenvalue weighted by Crippen LogP contribution is -2.38. The highest BCUT2D eigenvalue weighted by atomic mass is 16.5. The number of aromatic nitrogens is 2. The van der Waals surface area contributed by atoms with Crippen LogP contribution in [0.15, 0.2) is 36.7 Å². The van der Waals surface area contributed by atoms with Gasteiger partial charge in [-0.3, -0.25) is 9.59 Å². The zero-order valence-corrected chi connectivity index (χ0v) is 19.1. The van der Waals surface area contributed by atoms with Crippen molar-refractivity contribution in [1.29, 1.82) is 0 Å². The van der Waals surface area contributed by atoms with Gasteiger partial charge in [-0.05, 0) is 48.9 Å². The molecule has 3 aromatic rings. The number of hydrogen-bond acceptors (Lipinski definition) is 8. The van der Waals surface area contributed by atoms with Gasteiger partial charge in [-0.15, -0.1) is 0 Å². The third-order valence-corrected chi connectivity index (χ3v) is 6.40. The summed E-state index contributed by atoms with van der Waals surface area (Å²) in [5, 5.41) is 3.75. The third-order valence-electron chi connectivity index (χ3n) is 6.40. The van der Waals surface area contributed by atoms with Crippen molar-refractivity contribution in [2.45, 2.75) is 25.5 Å². The van der Waals surface area contributed by atoms with E-state index >= 15 is 0 Å². The summed E-state index contributed by atoms with van der Waals surface area (Å²) >= 11 is 0. The number of carbonyl (C=O) groups is 2. The average molecular weight is 463 g/mol. The van der Waals surface area contributed by atoms with Crippen molar-refractivity contribution in [1.82, 2.24) is 15.3 Å².